The average Bonchev–Trinajstić information content (AvgIpc) is 2.65. The van der Waals surface area contributed by atoms with Crippen molar-refractivity contribution < 1.29 is 14.3 Å². The highest BCUT2D eigenvalue weighted by atomic mass is 16.5. The van der Waals surface area contributed by atoms with Gasteiger partial charge in [0, 0.05) is 24.5 Å². The molecule has 2 amide bonds. The Balaban J connectivity index is 2.06. The number of amides is 2. The Morgan fingerprint density at radius 2 is 1.20 bits per heavy atom. The molecule has 5 heteroatoms. The predicted molar refractivity (Wildman–Crippen MR) is 98.8 cm³/mol. The fourth-order valence-electron chi connectivity index (χ4n) is 2.55. The molecule has 0 aliphatic heterocycles. The first-order chi connectivity index (χ1) is 12.2. The number of rotatable bonds is 8. The number of anilines is 2. The Labute approximate surface area is 148 Å². The minimum Gasteiger partial charge on any atom is -0.362 e. The Bertz CT molecular complexity index is 630. The quantitative estimate of drug-likeness (QED) is 0.741. The van der Waals surface area contributed by atoms with Gasteiger partial charge in [0.15, 0.2) is 0 Å². The molecule has 0 heterocycles. The molecule has 0 aromatic heterocycles. The van der Waals surface area contributed by atoms with Crippen molar-refractivity contribution in [2.24, 2.45) is 0 Å². The normalized spacial score (nSPS) is 10.3. The number of para-hydroxylation sites is 2. The van der Waals surface area contributed by atoms with Gasteiger partial charge in [-0.3, -0.25) is 14.5 Å². The van der Waals surface area contributed by atoms with Crippen molar-refractivity contribution in [1.82, 2.24) is 4.90 Å². The molecule has 0 bridgehead atoms. The van der Waals surface area contributed by atoms with E-state index in [1.165, 1.54) is 0 Å². The Kier molecular flexibility index (Phi) is 7.16. The third-order valence-electron chi connectivity index (χ3n) is 3.85. The molecule has 0 fully saturated rings. The van der Waals surface area contributed by atoms with Crippen LogP contribution in [-0.2, 0) is 14.3 Å². The van der Waals surface area contributed by atoms with Crippen molar-refractivity contribution >= 4 is 23.2 Å². The van der Waals surface area contributed by atoms with Gasteiger partial charge in [-0.15, -0.1) is 0 Å². The summed E-state index contributed by atoms with van der Waals surface area (Å²) in [5, 5.41) is 0. The number of hydrogen-bond donors (Lipinski definition) is 0. The van der Waals surface area contributed by atoms with Crippen LogP contribution < -0.4 is 4.90 Å². The highest BCUT2D eigenvalue weighted by Crippen LogP contribution is 2.24. The molecule has 2 rings (SSSR count). The standard InChI is InChI=1S/C20H24N2O3/c1-3-21(4-2)19(23)15-25-16-20(24)22(17-11-7-5-8-12-17)18-13-9-6-10-14-18/h5-14H,3-4,15-16H2,1-2H3. The van der Waals surface area contributed by atoms with Gasteiger partial charge in [0.1, 0.15) is 13.2 Å². The van der Waals surface area contributed by atoms with E-state index >= 15 is 0 Å². The fourth-order valence-corrected chi connectivity index (χ4v) is 2.55. The summed E-state index contributed by atoms with van der Waals surface area (Å²) < 4.78 is 5.38. The predicted octanol–water partition coefficient (Wildman–Crippen LogP) is 3.24. The summed E-state index contributed by atoms with van der Waals surface area (Å²) in [6.07, 6.45) is 0. The zero-order valence-electron chi connectivity index (χ0n) is 14.7. The molecule has 0 unspecified atom stereocenters. The van der Waals surface area contributed by atoms with E-state index in [1.54, 1.807) is 9.80 Å². The van der Waals surface area contributed by atoms with Gasteiger partial charge in [-0.1, -0.05) is 36.4 Å². The van der Waals surface area contributed by atoms with Crippen LogP contribution >= 0.6 is 0 Å². The molecule has 0 saturated carbocycles. The number of carbonyl (C=O) groups excluding carboxylic acids is 2. The van der Waals surface area contributed by atoms with Crippen LogP contribution in [0.15, 0.2) is 60.7 Å². The van der Waals surface area contributed by atoms with Crippen molar-refractivity contribution in [3.05, 3.63) is 60.7 Å². The number of hydrogen-bond acceptors (Lipinski definition) is 3. The van der Waals surface area contributed by atoms with Gasteiger partial charge >= 0.3 is 0 Å². The summed E-state index contributed by atoms with van der Waals surface area (Å²) >= 11 is 0. The largest absolute Gasteiger partial charge is 0.362 e. The third kappa shape index (κ3) is 5.16. The second-order valence-corrected chi connectivity index (χ2v) is 5.46. The molecule has 0 aliphatic rings. The molecule has 0 N–H and O–H groups in total. The van der Waals surface area contributed by atoms with E-state index in [0.29, 0.717) is 13.1 Å². The number of nitrogens with zero attached hydrogens (tertiary/aromatic N) is 2. The molecule has 0 spiro atoms. The molecular formula is C20H24N2O3. The Morgan fingerprint density at radius 1 is 0.760 bits per heavy atom. The fraction of sp³-hybridized carbons (Fsp3) is 0.300. The molecule has 0 saturated heterocycles. The van der Waals surface area contributed by atoms with Gasteiger partial charge in [0.25, 0.3) is 5.91 Å². The van der Waals surface area contributed by atoms with E-state index in [4.69, 9.17) is 4.74 Å². The summed E-state index contributed by atoms with van der Waals surface area (Å²) in [4.78, 5) is 28.0. The van der Waals surface area contributed by atoms with E-state index in [1.807, 2.05) is 74.5 Å². The molecule has 0 radical (unpaired) electrons. The van der Waals surface area contributed by atoms with Gasteiger partial charge in [-0.2, -0.15) is 0 Å². The molecule has 0 aliphatic carbocycles. The first kappa shape index (κ1) is 18.7. The zero-order chi connectivity index (χ0) is 18.1. The van der Waals surface area contributed by atoms with Gasteiger partial charge in [0.2, 0.25) is 5.91 Å². The van der Waals surface area contributed by atoms with Crippen LogP contribution in [0.25, 0.3) is 0 Å². The topological polar surface area (TPSA) is 49.9 Å². The summed E-state index contributed by atoms with van der Waals surface area (Å²) in [5.41, 5.74) is 1.52. The smallest absolute Gasteiger partial charge is 0.257 e. The van der Waals surface area contributed by atoms with Gasteiger partial charge < -0.3 is 9.64 Å². The molecular weight excluding hydrogens is 316 g/mol. The molecule has 132 valence electrons. The molecule has 5 nitrogen and oxygen atoms in total. The minimum absolute atomic E-state index is 0.0924. The molecule has 0 atom stereocenters. The van der Waals surface area contributed by atoms with E-state index in [2.05, 4.69) is 0 Å². The first-order valence-electron chi connectivity index (χ1n) is 8.46. The van der Waals surface area contributed by atoms with Crippen molar-refractivity contribution in [3.8, 4) is 0 Å². The zero-order valence-corrected chi connectivity index (χ0v) is 14.7. The monoisotopic (exact) mass is 340 g/mol. The summed E-state index contributed by atoms with van der Waals surface area (Å²) in [6, 6.07) is 18.8. The lowest BCUT2D eigenvalue weighted by molar-refractivity contribution is -0.137. The maximum Gasteiger partial charge on any atom is 0.257 e. The number of likely N-dealkylation sites (N-methyl/N-ethyl adjacent to an activating group) is 1. The van der Waals surface area contributed by atoms with E-state index in [-0.39, 0.29) is 25.0 Å². The summed E-state index contributed by atoms with van der Waals surface area (Å²) in [5.74, 6) is -0.325. The van der Waals surface area contributed by atoms with Crippen molar-refractivity contribution in [2.75, 3.05) is 31.2 Å². The lowest BCUT2D eigenvalue weighted by atomic mass is 10.2. The van der Waals surface area contributed by atoms with Gasteiger partial charge in [0.05, 0.1) is 0 Å². The maximum absolute atomic E-state index is 12.7. The Morgan fingerprint density at radius 3 is 1.64 bits per heavy atom. The van der Waals surface area contributed by atoms with Crippen LogP contribution in [0.4, 0.5) is 11.4 Å². The third-order valence-corrected chi connectivity index (χ3v) is 3.85. The molecule has 25 heavy (non-hydrogen) atoms. The van der Waals surface area contributed by atoms with Crippen molar-refractivity contribution in [1.29, 1.82) is 0 Å². The number of benzene rings is 2. The number of ether oxygens (including phenoxy) is 1. The van der Waals surface area contributed by atoms with Crippen LogP contribution in [0.2, 0.25) is 0 Å². The maximum atomic E-state index is 12.7. The van der Waals surface area contributed by atoms with E-state index in [0.717, 1.165) is 11.4 Å². The number of carbonyl (C=O) groups is 2. The van der Waals surface area contributed by atoms with Crippen LogP contribution in [0.1, 0.15) is 13.8 Å². The lowest BCUT2D eigenvalue weighted by Gasteiger charge is -2.23. The van der Waals surface area contributed by atoms with Crippen molar-refractivity contribution in [3.63, 3.8) is 0 Å². The van der Waals surface area contributed by atoms with Crippen LogP contribution in [0.3, 0.4) is 0 Å². The van der Waals surface area contributed by atoms with Gasteiger partial charge in [-0.25, -0.2) is 0 Å². The SMILES string of the molecule is CCN(CC)C(=O)COCC(=O)N(c1ccccc1)c1ccccc1. The minimum atomic E-state index is -0.218. The van der Waals surface area contributed by atoms with E-state index < -0.39 is 0 Å². The first-order valence-corrected chi connectivity index (χ1v) is 8.46. The summed E-state index contributed by atoms with van der Waals surface area (Å²) in [6.45, 7) is 4.85. The highest BCUT2D eigenvalue weighted by Gasteiger charge is 2.19. The second-order valence-electron chi connectivity index (χ2n) is 5.46. The van der Waals surface area contributed by atoms with Crippen LogP contribution in [-0.4, -0.2) is 43.0 Å². The highest BCUT2D eigenvalue weighted by molar-refractivity contribution is 6.01. The van der Waals surface area contributed by atoms with Gasteiger partial charge in [-0.05, 0) is 38.1 Å². The summed E-state index contributed by atoms with van der Waals surface area (Å²) in [7, 11) is 0. The molecule has 2 aromatic carbocycles. The van der Waals surface area contributed by atoms with Crippen molar-refractivity contribution in [2.45, 2.75) is 13.8 Å². The lowest BCUT2D eigenvalue weighted by Crippen LogP contribution is -2.35. The average molecular weight is 340 g/mol. The molecule has 2 aromatic rings. The van der Waals surface area contributed by atoms with Crippen LogP contribution in [0, 0.1) is 0 Å². The Hall–Kier alpha value is -2.66. The van der Waals surface area contributed by atoms with E-state index in [9.17, 15) is 9.59 Å². The van der Waals surface area contributed by atoms with Crippen LogP contribution in [0.5, 0.6) is 0 Å². The second kappa shape index (κ2) is 9.59.